The first-order valence-corrected chi connectivity index (χ1v) is 2.64. The fraction of sp³-hybridized carbons (Fsp3) is 0.167. The van der Waals surface area contributed by atoms with Gasteiger partial charge in [-0.05, 0) is 6.08 Å². The highest BCUT2D eigenvalue weighted by atomic mass is 16.5. The Labute approximate surface area is 57.2 Å². The highest BCUT2D eigenvalue weighted by Gasteiger charge is 2.28. The van der Waals surface area contributed by atoms with E-state index in [0.29, 0.717) is 0 Å². The Bertz CT molecular complexity index is 219. The number of hydrogen-bond acceptors (Lipinski definition) is 3. The first-order chi connectivity index (χ1) is 4.75. The molecule has 4 nitrogen and oxygen atoms in total. The van der Waals surface area contributed by atoms with Gasteiger partial charge in [0.1, 0.15) is 0 Å². The lowest BCUT2D eigenvalue weighted by Crippen LogP contribution is -2.25. The van der Waals surface area contributed by atoms with Crippen LogP contribution in [0, 0.1) is 0 Å². The Morgan fingerprint density at radius 2 is 2.60 bits per heavy atom. The maximum absolute atomic E-state index is 10.7. The second-order valence-corrected chi connectivity index (χ2v) is 1.70. The first kappa shape index (κ1) is 6.67. The molecule has 52 valence electrons. The van der Waals surface area contributed by atoms with Crippen LogP contribution >= 0.6 is 0 Å². The van der Waals surface area contributed by atoms with Crippen LogP contribution < -0.4 is 0 Å². The van der Waals surface area contributed by atoms with Gasteiger partial charge in [-0.1, -0.05) is 6.58 Å². The fourth-order valence-corrected chi connectivity index (χ4v) is 0.565. The van der Waals surface area contributed by atoms with Gasteiger partial charge in [-0.2, -0.15) is 4.99 Å². The van der Waals surface area contributed by atoms with Crippen LogP contribution in [0.15, 0.2) is 17.6 Å². The maximum Gasteiger partial charge on any atom is 0.297 e. The summed E-state index contributed by atoms with van der Waals surface area (Å²) in [7, 11) is 0. The second kappa shape index (κ2) is 2.43. The van der Waals surface area contributed by atoms with Crippen molar-refractivity contribution in [2.75, 3.05) is 0 Å². The quantitative estimate of drug-likeness (QED) is 0.389. The first-order valence-electron chi connectivity index (χ1n) is 2.64. The van der Waals surface area contributed by atoms with E-state index >= 15 is 0 Å². The van der Waals surface area contributed by atoms with Gasteiger partial charge in [-0.15, -0.1) is 0 Å². The molecular weight excluding hydrogens is 134 g/mol. The molecular formula is C6H5NO3. The third kappa shape index (κ3) is 0.953. The molecule has 0 radical (unpaired) electrons. The van der Waals surface area contributed by atoms with E-state index in [-0.39, 0.29) is 0 Å². The number of aliphatic imine (C=N–C) groups is 1. The molecule has 1 amide bonds. The standard InChI is InChI=1S/C6H5NO3/c1-2-4(8)5-6(9)7-3-10-5/h2-3,5H,1H2. The van der Waals surface area contributed by atoms with Crippen LogP contribution in [0.4, 0.5) is 0 Å². The summed E-state index contributed by atoms with van der Waals surface area (Å²) in [5.74, 6) is -1.02. The molecule has 0 spiro atoms. The van der Waals surface area contributed by atoms with E-state index < -0.39 is 17.8 Å². The zero-order valence-corrected chi connectivity index (χ0v) is 5.11. The number of amides is 1. The summed E-state index contributed by atoms with van der Waals surface area (Å²) in [6.45, 7) is 3.20. The molecule has 1 atom stereocenters. The molecule has 1 heterocycles. The molecule has 1 unspecified atom stereocenters. The van der Waals surface area contributed by atoms with Crippen molar-refractivity contribution in [3.05, 3.63) is 12.7 Å². The Morgan fingerprint density at radius 1 is 1.90 bits per heavy atom. The highest BCUT2D eigenvalue weighted by molar-refractivity contribution is 6.13. The van der Waals surface area contributed by atoms with E-state index in [9.17, 15) is 9.59 Å². The SMILES string of the molecule is C=CC(=O)C1OC=NC1=O. The molecule has 1 rings (SSSR count). The molecule has 0 aromatic carbocycles. The minimum absolute atomic E-state index is 0.456. The number of rotatable bonds is 2. The zero-order chi connectivity index (χ0) is 7.56. The molecule has 1 aliphatic heterocycles. The van der Waals surface area contributed by atoms with E-state index in [1.807, 2.05) is 0 Å². The van der Waals surface area contributed by atoms with Crippen molar-refractivity contribution >= 4 is 18.1 Å². The van der Waals surface area contributed by atoms with Gasteiger partial charge in [0, 0.05) is 0 Å². The topological polar surface area (TPSA) is 55.7 Å². The second-order valence-electron chi connectivity index (χ2n) is 1.70. The summed E-state index contributed by atoms with van der Waals surface area (Å²) in [4.78, 5) is 24.5. The van der Waals surface area contributed by atoms with Crippen LogP contribution in [0.3, 0.4) is 0 Å². The molecule has 0 N–H and O–H groups in total. The normalized spacial score (nSPS) is 22.4. The Kier molecular flexibility index (Phi) is 1.62. The van der Waals surface area contributed by atoms with Crippen LogP contribution in [0.2, 0.25) is 0 Å². The van der Waals surface area contributed by atoms with Gasteiger partial charge in [0.25, 0.3) is 5.91 Å². The number of carbonyl (C=O) groups excluding carboxylic acids is 2. The van der Waals surface area contributed by atoms with E-state index in [4.69, 9.17) is 0 Å². The maximum atomic E-state index is 10.7. The summed E-state index contributed by atoms with van der Waals surface area (Å²) in [5, 5.41) is 0. The number of ketones is 1. The fourth-order valence-electron chi connectivity index (χ4n) is 0.565. The van der Waals surface area contributed by atoms with Crippen LogP contribution in [0.25, 0.3) is 0 Å². The number of nitrogens with zero attached hydrogens (tertiary/aromatic N) is 1. The summed E-state index contributed by atoms with van der Waals surface area (Å²) in [6, 6.07) is 0. The van der Waals surface area contributed by atoms with Gasteiger partial charge in [-0.3, -0.25) is 9.59 Å². The van der Waals surface area contributed by atoms with Gasteiger partial charge < -0.3 is 4.74 Å². The average molecular weight is 139 g/mol. The van der Waals surface area contributed by atoms with Crippen molar-refractivity contribution in [2.45, 2.75) is 6.10 Å². The molecule has 4 heteroatoms. The molecule has 0 saturated carbocycles. The van der Waals surface area contributed by atoms with Crippen LogP contribution in [-0.2, 0) is 14.3 Å². The lowest BCUT2D eigenvalue weighted by molar-refractivity contribution is -0.131. The van der Waals surface area contributed by atoms with Gasteiger partial charge >= 0.3 is 0 Å². The minimum Gasteiger partial charge on any atom is -0.462 e. The van der Waals surface area contributed by atoms with Crippen molar-refractivity contribution in [3.8, 4) is 0 Å². The van der Waals surface area contributed by atoms with E-state index in [1.165, 1.54) is 0 Å². The molecule has 10 heavy (non-hydrogen) atoms. The van der Waals surface area contributed by atoms with Crippen molar-refractivity contribution in [1.82, 2.24) is 0 Å². The monoisotopic (exact) mass is 139 g/mol. The van der Waals surface area contributed by atoms with Gasteiger partial charge in [0.2, 0.25) is 11.9 Å². The van der Waals surface area contributed by atoms with Crippen LogP contribution in [-0.4, -0.2) is 24.2 Å². The molecule has 0 aliphatic carbocycles. The third-order valence-corrected chi connectivity index (χ3v) is 1.06. The summed E-state index contributed by atoms with van der Waals surface area (Å²) >= 11 is 0. The molecule has 0 fully saturated rings. The lowest BCUT2D eigenvalue weighted by Gasteiger charge is -1.99. The predicted molar refractivity (Wildman–Crippen MR) is 33.6 cm³/mol. The molecule has 0 bridgehead atoms. The highest BCUT2D eigenvalue weighted by Crippen LogP contribution is 2.02. The van der Waals surface area contributed by atoms with Crippen LogP contribution in [0.1, 0.15) is 0 Å². The van der Waals surface area contributed by atoms with Crippen molar-refractivity contribution < 1.29 is 14.3 Å². The largest absolute Gasteiger partial charge is 0.462 e. The summed E-state index contributed by atoms with van der Waals surface area (Å²) in [5.41, 5.74) is 0. The van der Waals surface area contributed by atoms with E-state index in [1.54, 1.807) is 0 Å². The van der Waals surface area contributed by atoms with Crippen LogP contribution in [0.5, 0.6) is 0 Å². The zero-order valence-electron chi connectivity index (χ0n) is 5.11. The van der Waals surface area contributed by atoms with Crippen molar-refractivity contribution in [3.63, 3.8) is 0 Å². The van der Waals surface area contributed by atoms with Crippen molar-refractivity contribution in [2.24, 2.45) is 4.99 Å². The Balaban J connectivity index is 2.68. The third-order valence-electron chi connectivity index (χ3n) is 1.06. The number of hydrogen-bond donors (Lipinski definition) is 0. The average Bonchev–Trinajstić information content (AvgIpc) is 2.34. The van der Waals surface area contributed by atoms with Gasteiger partial charge in [0.15, 0.2) is 6.40 Å². The number of carbonyl (C=O) groups is 2. The Hall–Kier alpha value is -1.45. The predicted octanol–water partition coefficient (Wildman–Crippen LogP) is -0.305. The minimum atomic E-state index is -1.07. The van der Waals surface area contributed by atoms with E-state index in [2.05, 4.69) is 16.3 Å². The summed E-state index contributed by atoms with van der Waals surface area (Å²) in [6.07, 6.45) is 0.934. The van der Waals surface area contributed by atoms with Gasteiger partial charge in [0.05, 0.1) is 0 Å². The molecule has 1 aliphatic rings. The van der Waals surface area contributed by atoms with E-state index in [0.717, 1.165) is 12.5 Å². The Morgan fingerprint density at radius 3 is 3.00 bits per heavy atom. The molecule has 0 saturated heterocycles. The molecule has 0 aromatic heterocycles. The van der Waals surface area contributed by atoms with Gasteiger partial charge in [-0.25, -0.2) is 0 Å². The number of ether oxygens (including phenoxy) is 1. The summed E-state index contributed by atoms with van der Waals surface area (Å²) < 4.78 is 4.56. The van der Waals surface area contributed by atoms with Crippen molar-refractivity contribution in [1.29, 1.82) is 0 Å². The smallest absolute Gasteiger partial charge is 0.297 e. The molecule has 0 aromatic rings. The lowest BCUT2D eigenvalue weighted by atomic mass is 10.2.